The Balaban J connectivity index is 1.59. The molecule has 1 aliphatic carbocycles. The van der Waals surface area contributed by atoms with Gasteiger partial charge in [0.05, 0.1) is 19.2 Å². The second-order valence-electron chi connectivity index (χ2n) is 4.14. The molecule has 0 spiro atoms. The molecule has 2 fully saturated rings. The van der Waals surface area contributed by atoms with E-state index in [4.69, 9.17) is 4.74 Å². The number of rotatable bonds is 4. The molecule has 14 heavy (non-hydrogen) atoms. The zero-order valence-corrected chi connectivity index (χ0v) is 8.42. The van der Waals surface area contributed by atoms with Crippen molar-refractivity contribution in [1.82, 2.24) is 10.6 Å². The maximum Gasteiger partial charge on any atom is 0.234 e. The minimum Gasteiger partial charge on any atom is -0.379 e. The van der Waals surface area contributed by atoms with Gasteiger partial charge in [-0.25, -0.2) is 0 Å². The number of hydrogen-bond donors (Lipinski definition) is 2. The van der Waals surface area contributed by atoms with Gasteiger partial charge < -0.3 is 15.4 Å². The van der Waals surface area contributed by atoms with E-state index >= 15 is 0 Å². The van der Waals surface area contributed by atoms with Gasteiger partial charge in [-0.05, 0) is 25.7 Å². The largest absolute Gasteiger partial charge is 0.379 e. The summed E-state index contributed by atoms with van der Waals surface area (Å²) in [6.45, 7) is 1.98. The fraction of sp³-hybridized carbons (Fsp3) is 0.900. The molecule has 1 saturated carbocycles. The van der Waals surface area contributed by atoms with Crippen molar-refractivity contribution in [2.45, 2.75) is 37.8 Å². The molecular weight excluding hydrogens is 180 g/mol. The van der Waals surface area contributed by atoms with Gasteiger partial charge in [0.2, 0.25) is 5.91 Å². The first-order chi connectivity index (χ1) is 6.84. The first kappa shape index (κ1) is 9.93. The smallest absolute Gasteiger partial charge is 0.234 e. The summed E-state index contributed by atoms with van der Waals surface area (Å²) in [5.74, 6) is 0.104. The van der Waals surface area contributed by atoms with Gasteiger partial charge in [0, 0.05) is 12.6 Å². The monoisotopic (exact) mass is 198 g/mol. The van der Waals surface area contributed by atoms with Crippen LogP contribution in [0.15, 0.2) is 0 Å². The van der Waals surface area contributed by atoms with E-state index < -0.39 is 0 Å². The Morgan fingerprint density at radius 2 is 2.14 bits per heavy atom. The fourth-order valence-corrected chi connectivity index (χ4v) is 1.66. The third kappa shape index (κ3) is 3.27. The third-order valence-corrected chi connectivity index (χ3v) is 2.65. The van der Waals surface area contributed by atoms with Crippen LogP contribution in [-0.4, -0.2) is 37.7 Å². The Morgan fingerprint density at radius 3 is 2.79 bits per heavy atom. The summed E-state index contributed by atoms with van der Waals surface area (Å²) in [7, 11) is 0. The summed E-state index contributed by atoms with van der Waals surface area (Å²) in [4.78, 5) is 11.4. The summed E-state index contributed by atoms with van der Waals surface area (Å²) in [5, 5.41) is 6.17. The molecule has 1 aliphatic heterocycles. The van der Waals surface area contributed by atoms with Crippen molar-refractivity contribution in [3.63, 3.8) is 0 Å². The molecule has 2 N–H and O–H groups in total. The lowest BCUT2D eigenvalue weighted by atomic mass is 10.1. The molecule has 0 bridgehead atoms. The standard InChI is InChI=1S/C10H18N2O2/c13-10(6-11-8-3-4-8)12-9-2-1-5-14-7-9/h8-9,11H,1-7H2,(H,12,13). The van der Waals surface area contributed by atoms with Crippen molar-refractivity contribution in [1.29, 1.82) is 0 Å². The molecule has 1 atom stereocenters. The van der Waals surface area contributed by atoms with E-state index in [-0.39, 0.29) is 11.9 Å². The van der Waals surface area contributed by atoms with Crippen molar-refractivity contribution in [2.75, 3.05) is 19.8 Å². The number of amides is 1. The number of hydrogen-bond acceptors (Lipinski definition) is 3. The Hall–Kier alpha value is -0.610. The third-order valence-electron chi connectivity index (χ3n) is 2.65. The van der Waals surface area contributed by atoms with Crippen LogP contribution in [0.5, 0.6) is 0 Å². The van der Waals surface area contributed by atoms with Crippen LogP contribution in [0.4, 0.5) is 0 Å². The highest BCUT2D eigenvalue weighted by Crippen LogP contribution is 2.17. The van der Waals surface area contributed by atoms with Crippen LogP contribution in [0.1, 0.15) is 25.7 Å². The van der Waals surface area contributed by atoms with E-state index in [0.717, 1.165) is 19.4 Å². The van der Waals surface area contributed by atoms with Gasteiger partial charge in [0.15, 0.2) is 0 Å². The first-order valence-electron chi connectivity index (χ1n) is 5.45. The summed E-state index contributed by atoms with van der Waals surface area (Å²) >= 11 is 0. The fourth-order valence-electron chi connectivity index (χ4n) is 1.66. The van der Waals surface area contributed by atoms with E-state index in [9.17, 15) is 4.79 Å². The van der Waals surface area contributed by atoms with E-state index in [0.29, 0.717) is 19.2 Å². The second kappa shape index (κ2) is 4.75. The number of carbonyl (C=O) groups is 1. The number of nitrogens with one attached hydrogen (secondary N) is 2. The van der Waals surface area contributed by atoms with Crippen LogP contribution >= 0.6 is 0 Å². The summed E-state index contributed by atoms with van der Waals surface area (Å²) < 4.78 is 5.29. The van der Waals surface area contributed by atoms with Crippen molar-refractivity contribution >= 4 is 5.91 Å². The lowest BCUT2D eigenvalue weighted by Crippen LogP contribution is -2.44. The van der Waals surface area contributed by atoms with Gasteiger partial charge >= 0.3 is 0 Å². The molecule has 1 heterocycles. The van der Waals surface area contributed by atoms with E-state index in [1.165, 1.54) is 12.8 Å². The van der Waals surface area contributed by atoms with Crippen LogP contribution in [0.2, 0.25) is 0 Å². The summed E-state index contributed by atoms with van der Waals surface area (Å²) in [5.41, 5.74) is 0. The Labute approximate surface area is 84.4 Å². The molecule has 1 unspecified atom stereocenters. The van der Waals surface area contributed by atoms with Crippen molar-refractivity contribution in [3.05, 3.63) is 0 Å². The summed E-state index contributed by atoms with van der Waals surface area (Å²) in [6, 6.07) is 0.834. The Bertz CT molecular complexity index is 198. The van der Waals surface area contributed by atoms with Gasteiger partial charge in [-0.15, -0.1) is 0 Å². The SMILES string of the molecule is O=C(CNC1CC1)NC1CCCOC1. The molecule has 4 heteroatoms. The first-order valence-corrected chi connectivity index (χ1v) is 5.45. The zero-order chi connectivity index (χ0) is 9.80. The predicted octanol–water partition coefficient (Wildman–Crippen LogP) is 0.0336. The second-order valence-corrected chi connectivity index (χ2v) is 4.14. The molecule has 1 amide bonds. The predicted molar refractivity (Wildman–Crippen MR) is 53.0 cm³/mol. The number of carbonyl (C=O) groups excluding carboxylic acids is 1. The number of ether oxygens (including phenoxy) is 1. The highest BCUT2D eigenvalue weighted by Gasteiger charge is 2.22. The molecule has 0 aromatic rings. The topological polar surface area (TPSA) is 50.4 Å². The Morgan fingerprint density at radius 1 is 1.29 bits per heavy atom. The molecule has 1 saturated heterocycles. The van der Waals surface area contributed by atoms with Gasteiger partial charge in [-0.2, -0.15) is 0 Å². The van der Waals surface area contributed by atoms with Crippen LogP contribution in [0.3, 0.4) is 0 Å². The quantitative estimate of drug-likeness (QED) is 0.670. The van der Waals surface area contributed by atoms with Crippen LogP contribution in [-0.2, 0) is 9.53 Å². The maximum absolute atomic E-state index is 11.4. The van der Waals surface area contributed by atoms with Crippen molar-refractivity contribution < 1.29 is 9.53 Å². The molecule has 0 aromatic carbocycles. The molecule has 4 nitrogen and oxygen atoms in total. The molecule has 80 valence electrons. The molecule has 0 radical (unpaired) electrons. The van der Waals surface area contributed by atoms with Gasteiger partial charge in [-0.1, -0.05) is 0 Å². The molecular formula is C10H18N2O2. The molecule has 2 aliphatic rings. The summed E-state index contributed by atoms with van der Waals surface area (Å²) in [6.07, 6.45) is 4.55. The van der Waals surface area contributed by atoms with Crippen LogP contribution < -0.4 is 10.6 Å². The lowest BCUT2D eigenvalue weighted by molar-refractivity contribution is -0.121. The van der Waals surface area contributed by atoms with Crippen LogP contribution in [0, 0.1) is 0 Å². The molecule has 2 rings (SSSR count). The zero-order valence-electron chi connectivity index (χ0n) is 8.42. The average Bonchev–Trinajstić information content (AvgIpc) is 3.00. The minimum atomic E-state index is 0.104. The van der Waals surface area contributed by atoms with Crippen molar-refractivity contribution in [2.24, 2.45) is 0 Å². The molecule has 0 aromatic heterocycles. The normalized spacial score (nSPS) is 27.3. The highest BCUT2D eigenvalue weighted by atomic mass is 16.5. The average molecular weight is 198 g/mol. The van der Waals surface area contributed by atoms with Gasteiger partial charge in [0.1, 0.15) is 0 Å². The maximum atomic E-state index is 11.4. The van der Waals surface area contributed by atoms with Gasteiger partial charge in [0.25, 0.3) is 0 Å². The van der Waals surface area contributed by atoms with E-state index in [2.05, 4.69) is 10.6 Å². The van der Waals surface area contributed by atoms with E-state index in [1.54, 1.807) is 0 Å². The van der Waals surface area contributed by atoms with Crippen molar-refractivity contribution in [3.8, 4) is 0 Å². The van der Waals surface area contributed by atoms with E-state index in [1.807, 2.05) is 0 Å². The Kier molecular flexibility index (Phi) is 3.37. The highest BCUT2D eigenvalue weighted by molar-refractivity contribution is 5.78. The lowest BCUT2D eigenvalue weighted by Gasteiger charge is -2.23. The van der Waals surface area contributed by atoms with Gasteiger partial charge in [-0.3, -0.25) is 4.79 Å². The minimum absolute atomic E-state index is 0.104. The van der Waals surface area contributed by atoms with Crippen LogP contribution in [0.25, 0.3) is 0 Å².